The van der Waals surface area contributed by atoms with Crippen molar-refractivity contribution in [2.75, 3.05) is 7.11 Å². The number of ether oxygens (including phenoxy) is 2. The molecule has 0 radical (unpaired) electrons. The van der Waals surface area contributed by atoms with Crippen molar-refractivity contribution >= 4 is 11.9 Å². The highest BCUT2D eigenvalue weighted by Crippen LogP contribution is 2.67. The molecular formula is C19H28O4. The maximum atomic E-state index is 11.7. The van der Waals surface area contributed by atoms with Crippen LogP contribution in [0.25, 0.3) is 0 Å². The second kappa shape index (κ2) is 6.29. The standard InChI is InChI=1S/C16H22O2.C3H6O2/c1-8(2)16(17)18-13-7-11-6-12(13)15-10-4-3-9(5-10)14(11)15;1-3(4)5-2/h9-15H,1,3-7H2,2H3;1-2H3. The molecule has 4 bridgehead atoms. The highest BCUT2D eigenvalue weighted by molar-refractivity contribution is 5.87. The van der Waals surface area contributed by atoms with E-state index in [2.05, 4.69) is 11.3 Å². The molecule has 7 atom stereocenters. The van der Waals surface area contributed by atoms with Gasteiger partial charge < -0.3 is 9.47 Å². The van der Waals surface area contributed by atoms with Gasteiger partial charge in [0.25, 0.3) is 0 Å². The zero-order valence-electron chi connectivity index (χ0n) is 14.4. The van der Waals surface area contributed by atoms with E-state index in [4.69, 9.17) is 4.74 Å². The summed E-state index contributed by atoms with van der Waals surface area (Å²) in [7, 11) is 1.35. The maximum absolute atomic E-state index is 11.7. The third-order valence-electron chi connectivity index (χ3n) is 6.57. The number of methoxy groups -OCH3 is 1. The summed E-state index contributed by atoms with van der Waals surface area (Å²) in [5.41, 5.74) is 0.544. The summed E-state index contributed by atoms with van der Waals surface area (Å²) in [6, 6.07) is 0. The van der Waals surface area contributed by atoms with Crippen LogP contribution < -0.4 is 0 Å². The van der Waals surface area contributed by atoms with E-state index >= 15 is 0 Å². The molecule has 0 heterocycles. The first-order valence-corrected chi connectivity index (χ1v) is 8.83. The molecule has 128 valence electrons. The lowest BCUT2D eigenvalue weighted by Crippen LogP contribution is -2.37. The predicted octanol–water partition coefficient (Wildman–Crippen LogP) is 3.36. The second-order valence-electron chi connectivity index (χ2n) is 7.80. The first kappa shape index (κ1) is 16.5. The third kappa shape index (κ3) is 2.92. The van der Waals surface area contributed by atoms with Gasteiger partial charge in [-0.1, -0.05) is 6.58 Å². The Labute approximate surface area is 138 Å². The minimum atomic E-state index is -0.245. The molecular weight excluding hydrogens is 292 g/mol. The summed E-state index contributed by atoms with van der Waals surface area (Å²) in [5, 5.41) is 0. The first-order chi connectivity index (χ1) is 10.9. The van der Waals surface area contributed by atoms with E-state index in [1.54, 1.807) is 6.92 Å². The molecule has 0 aromatic rings. The van der Waals surface area contributed by atoms with Crippen LogP contribution in [0, 0.1) is 35.5 Å². The van der Waals surface area contributed by atoms with Crippen molar-refractivity contribution in [3.63, 3.8) is 0 Å². The van der Waals surface area contributed by atoms with Gasteiger partial charge in [0.15, 0.2) is 0 Å². The number of rotatable bonds is 2. The molecule has 4 heteroatoms. The Kier molecular flexibility index (Phi) is 4.52. The fourth-order valence-electron chi connectivity index (χ4n) is 5.88. The molecule has 0 aromatic heterocycles. The van der Waals surface area contributed by atoms with Gasteiger partial charge in [-0.3, -0.25) is 4.79 Å². The quantitative estimate of drug-likeness (QED) is 0.445. The lowest BCUT2D eigenvalue weighted by molar-refractivity contribution is -0.149. The second-order valence-corrected chi connectivity index (χ2v) is 7.80. The summed E-state index contributed by atoms with van der Waals surface area (Å²) in [6.45, 7) is 6.80. The Hall–Kier alpha value is -1.32. The molecule has 4 fully saturated rings. The number of carbonyl (C=O) groups excluding carboxylic acids is 2. The van der Waals surface area contributed by atoms with Crippen molar-refractivity contribution in [3.05, 3.63) is 12.2 Å². The van der Waals surface area contributed by atoms with Gasteiger partial charge in [-0.15, -0.1) is 0 Å². The van der Waals surface area contributed by atoms with Crippen molar-refractivity contribution in [1.29, 1.82) is 0 Å². The Morgan fingerprint density at radius 2 is 1.57 bits per heavy atom. The fraction of sp³-hybridized carbons (Fsp3) is 0.789. The van der Waals surface area contributed by atoms with E-state index in [0.29, 0.717) is 11.5 Å². The molecule has 0 aliphatic heterocycles. The summed E-state index contributed by atoms with van der Waals surface area (Å²) >= 11 is 0. The zero-order chi connectivity index (χ0) is 16.7. The molecule has 0 saturated heterocycles. The fourth-order valence-corrected chi connectivity index (χ4v) is 5.88. The molecule has 7 unspecified atom stereocenters. The van der Waals surface area contributed by atoms with Crippen LogP contribution in [-0.2, 0) is 19.1 Å². The smallest absolute Gasteiger partial charge is 0.333 e. The summed E-state index contributed by atoms with van der Waals surface area (Å²) < 4.78 is 9.80. The van der Waals surface area contributed by atoms with E-state index in [-0.39, 0.29) is 18.0 Å². The van der Waals surface area contributed by atoms with Crippen LogP contribution in [0.15, 0.2) is 12.2 Å². The van der Waals surface area contributed by atoms with Gasteiger partial charge in [0, 0.05) is 12.5 Å². The van der Waals surface area contributed by atoms with Crippen LogP contribution in [-0.4, -0.2) is 25.2 Å². The number of hydrogen-bond acceptors (Lipinski definition) is 4. The van der Waals surface area contributed by atoms with Gasteiger partial charge in [0.1, 0.15) is 6.10 Å². The minimum absolute atomic E-state index is 0.174. The van der Waals surface area contributed by atoms with Crippen molar-refractivity contribution in [2.45, 2.75) is 52.1 Å². The van der Waals surface area contributed by atoms with Crippen LogP contribution in [0.1, 0.15) is 46.0 Å². The normalized spacial score (nSPS) is 41.8. The molecule has 0 aromatic carbocycles. The summed E-state index contributed by atoms with van der Waals surface area (Å²) in [5.74, 6) is 4.99. The predicted molar refractivity (Wildman–Crippen MR) is 86.4 cm³/mol. The SMILES string of the molecule is C=C(C)C(=O)OC1CC2CC1C1C3CCC(C3)C21.COC(C)=O. The molecule has 23 heavy (non-hydrogen) atoms. The highest BCUT2D eigenvalue weighted by atomic mass is 16.5. The van der Waals surface area contributed by atoms with Crippen molar-refractivity contribution in [1.82, 2.24) is 0 Å². The number of carbonyl (C=O) groups is 2. The average molecular weight is 320 g/mol. The van der Waals surface area contributed by atoms with Crippen LogP contribution in [0.3, 0.4) is 0 Å². The van der Waals surface area contributed by atoms with Crippen LogP contribution in [0.5, 0.6) is 0 Å². The van der Waals surface area contributed by atoms with Gasteiger partial charge in [0.05, 0.1) is 7.11 Å². The van der Waals surface area contributed by atoms with Gasteiger partial charge in [-0.25, -0.2) is 4.79 Å². The molecule has 4 nitrogen and oxygen atoms in total. The first-order valence-electron chi connectivity index (χ1n) is 8.83. The van der Waals surface area contributed by atoms with Crippen molar-refractivity contribution in [3.8, 4) is 0 Å². The molecule has 4 aliphatic rings. The molecule has 0 amide bonds. The van der Waals surface area contributed by atoms with E-state index in [1.165, 1.54) is 39.7 Å². The van der Waals surface area contributed by atoms with E-state index < -0.39 is 0 Å². The molecule has 0 spiro atoms. The highest BCUT2D eigenvalue weighted by Gasteiger charge is 2.63. The maximum Gasteiger partial charge on any atom is 0.333 e. The monoisotopic (exact) mass is 320 g/mol. The van der Waals surface area contributed by atoms with Gasteiger partial charge in [0.2, 0.25) is 0 Å². The van der Waals surface area contributed by atoms with Crippen LogP contribution in [0.4, 0.5) is 0 Å². The zero-order valence-corrected chi connectivity index (χ0v) is 14.4. The average Bonchev–Trinajstić information content (AvgIpc) is 3.26. The van der Waals surface area contributed by atoms with E-state index in [0.717, 1.165) is 36.0 Å². The number of fused-ring (bicyclic) bond motifs is 9. The lowest BCUT2D eigenvalue weighted by Gasteiger charge is -2.38. The van der Waals surface area contributed by atoms with Crippen molar-refractivity contribution in [2.24, 2.45) is 35.5 Å². The Bertz CT molecular complexity index is 511. The molecule has 0 N–H and O–H groups in total. The van der Waals surface area contributed by atoms with Gasteiger partial charge in [-0.05, 0) is 74.5 Å². The Balaban J connectivity index is 0.000000276. The molecule has 4 saturated carbocycles. The Morgan fingerprint density at radius 1 is 0.957 bits per heavy atom. The van der Waals surface area contributed by atoms with Crippen LogP contribution >= 0.6 is 0 Å². The molecule has 4 rings (SSSR count). The minimum Gasteiger partial charge on any atom is -0.469 e. The van der Waals surface area contributed by atoms with Gasteiger partial charge in [-0.2, -0.15) is 0 Å². The lowest BCUT2D eigenvalue weighted by atomic mass is 9.70. The molecule has 4 aliphatic carbocycles. The van der Waals surface area contributed by atoms with Crippen molar-refractivity contribution < 1.29 is 19.1 Å². The number of hydrogen-bond donors (Lipinski definition) is 0. The Morgan fingerprint density at radius 3 is 2.13 bits per heavy atom. The topological polar surface area (TPSA) is 52.6 Å². The van der Waals surface area contributed by atoms with Crippen LogP contribution in [0.2, 0.25) is 0 Å². The largest absolute Gasteiger partial charge is 0.469 e. The van der Waals surface area contributed by atoms with Gasteiger partial charge >= 0.3 is 11.9 Å². The third-order valence-corrected chi connectivity index (χ3v) is 6.57. The van der Waals surface area contributed by atoms with E-state index in [9.17, 15) is 9.59 Å². The number of esters is 2. The summed E-state index contributed by atoms with van der Waals surface area (Å²) in [6.07, 6.45) is 7.06. The van der Waals surface area contributed by atoms with E-state index in [1.807, 2.05) is 0 Å². The summed E-state index contributed by atoms with van der Waals surface area (Å²) in [4.78, 5) is 21.3.